The summed E-state index contributed by atoms with van der Waals surface area (Å²) in [6, 6.07) is 29.0. The number of carbonyl (C=O) groups is 1. The maximum atomic E-state index is 13.6. The molecular formula is C45H55F4NO11. The second-order valence-electron chi connectivity index (χ2n) is 13.1. The molecule has 61 heavy (non-hydrogen) atoms. The highest BCUT2D eigenvalue weighted by molar-refractivity contribution is 5.72. The van der Waals surface area contributed by atoms with Crippen LogP contribution in [0.5, 0.6) is 11.5 Å². The van der Waals surface area contributed by atoms with E-state index in [-0.39, 0.29) is 25.9 Å². The Bertz CT molecular complexity index is 1730. The summed E-state index contributed by atoms with van der Waals surface area (Å²) < 4.78 is 107. The summed E-state index contributed by atoms with van der Waals surface area (Å²) in [4.78, 5) is 11.7. The van der Waals surface area contributed by atoms with Gasteiger partial charge in [-0.25, -0.2) is 8.78 Å². The molecule has 0 aliphatic heterocycles. The summed E-state index contributed by atoms with van der Waals surface area (Å²) in [5.74, 6) is -8.69. The molecule has 0 bridgehead atoms. The second-order valence-corrected chi connectivity index (χ2v) is 13.1. The number of esters is 1. The van der Waals surface area contributed by atoms with Gasteiger partial charge in [0.1, 0.15) is 5.75 Å². The highest BCUT2D eigenvalue weighted by Crippen LogP contribution is 2.37. The van der Waals surface area contributed by atoms with Gasteiger partial charge in [-0.3, -0.25) is 10.1 Å². The van der Waals surface area contributed by atoms with Crippen molar-refractivity contribution in [1.29, 1.82) is 0 Å². The number of halogens is 4. The minimum atomic E-state index is -1.79. The molecule has 0 aliphatic rings. The topological polar surface area (TPSA) is 121 Å². The summed E-state index contributed by atoms with van der Waals surface area (Å²) in [7, 11) is 1.66. The van der Waals surface area contributed by atoms with E-state index in [0.29, 0.717) is 92.4 Å². The van der Waals surface area contributed by atoms with Crippen LogP contribution in [0.4, 0.5) is 17.6 Å². The molecule has 0 unspecified atom stereocenters. The molecule has 0 saturated heterocycles. The highest BCUT2D eigenvalue weighted by atomic mass is 19.2. The summed E-state index contributed by atoms with van der Waals surface area (Å²) in [5.41, 5.74) is 2.74. The van der Waals surface area contributed by atoms with Gasteiger partial charge in [-0.05, 0) is 28.8 Å². The lowest BCUT2D eigenvalue weighted by atomic mass is 9.77. The fourth-order valence-corrected chi connectivity index (χ4v) is 5.94. The van der Waals surface area contributed by atoms with Gasteiger partial charge in [-0.15, -0.1) is 0 Å². The Balaban J connectivity index is 0.914. The van der Waals surface area contributed by atoms with E-state index in [1.54, 1.807) is 7.11 Å². The standard InChI is InChI=1S/C45H55F4NO11/c1-52-38-14-12-37(13-15-38)45(35-8-4-2-5-9-35,36-10-6-3-7-11-36)50-17-19-54-21-23-56-25-27-58-29-31-60-33-32-59-30-28-57-26-24-55-22-20-53-18-16-41(51)61-44-42(48)39(46)34-40(47)43(44)49/h2-15,34,50H,16-33H2,1H3. The molecule has 1 N–H and O–H groups in total. The monoisotopic (exact) mass is 861 g/mol. The Morgan fingerprint density at radius 3 is 1.25 bits per heavy atom. The van der Waals surface area contributed by atoms with E-state index in [0.717, 1.165) is 22.4 Å². The van der Waals surface area contributed by atoms with E-state index in [9.17, 15) is 22.4 Å². The zero-order valence-electron chi connectivity index (χ0n) is 34.4. The van der Waals surface area contributed by atoms with Crippen LogP contribution in [-0.2, 0) is 48.2 Å². The first-order valence-corrected chi connectivity index (χ1v) is 20.0. The predicted octanol–water partition coefficient (Wildman–Crippen LogP) is 6.26. The van der Waals surface area contributed by atoms with Crippen LogP contribution in [0.2, 0.25) is 0 Å². The van der Waals surface area contributed by atoms with Crippen molar-refractivity contribution in [3.63, 3.8) is 0 Å². The van der Waals surface area contributed by atoms with Crippen molar-refractivity contribution in [2.45, 2.75) is 12.0 Å². The van der Waals surface area contributed by atoms with Crippen molar-refractivity contribution in [3.05, 3.63) is 131 Å². The Kier molecular flexibility index (Phi) is 23.3. The summed E-state index contributed by atoms with van der Waals surface area (Å²) in [5, 5.41) is 3.80. The largest absolute Gasteiger partial charge is 0.497 e. The molecule has 4 rings (SSSR count). The smallest absolute Gasteiger partial charge is 0.313 e. The number of rotatable bonds is 33. The van der Waals surface area contributed by atoms with Crippen molar-refractivity contribution in [1.82, 2.24) is 5.32 Å². The van der Waals surface area contributed by atoms with Crippen LogP contribution in [0.1, 0.15) is 23.1 Å². The third-order valence-corrected chi connectivity index (χ3v) is 8.92. The first-order chi connectivity index (χ1) is 29.9. The zero-order chi connectivity index (χ0) is 43.4. The van der Waals surface area contributed by atoms with Crippen molar-refractivity contribution in [2.24, 2.45) is 0 Å². The van der Waals surface area contributed by atoms with E-state index in [1.807, 2.05) is 24.3 Å². The fraction of sp³-hybridized carbons (Fsp3) is 0.444. The summed E-state index contributed by atoms with van der Waals surface area (Å²) in [6.07, 6.45) is -0.396. The minimum absolute atomic E-state index is 0.0205. The Morgan fingerprint density at radius 1 is 0.492 bits per heavy atom. The molecule has 12 nitrogen and oxygen atoms in total. The van der Waals surface area contributed by atoms with Crippen molar-refractivity contribution in [2.75, 3.05) is 119 Å². The minimum Gasteiger partial charge on any atom is -0.497 e. The molecule has 0 aromatic heterocycles. The van der Waals surface area contributed by atoms with Gasteiger partial charge < -0.3 is 47.4 Å². The average molecular weight is 862 g/mol. The third-order valence-electron chi connectivity index (χ3n) is 8.92. The maximum absolute atomic E-state index is 13.6. The van der Waals surface area contributed by atoms with Crippen molar-refractivity contribution in [3.8, 4) is 11.5 Å². The van der Waals surface area contributed by atoms with Crippen molar-refractivity contribution < 1.29 is 69.7 Å². The SMILES string of the molecule is COc1ccc(C(NCCOCCOCCOCCOCCOCCOCCOCCOCCC(=O)Oc2c(F)c(F)cc(F)c2F)(c2ccccc2)c2ccccc2)cc1. The van der Waals surface area contributed by atoms with E-state index < -0.39 is 46.9 Å². The summed E-state index contributed by atoms with van der Waals surface area (Å²) >= 11 is 0. The average Bonchev–Trinajstić information content (AvgIpc) is 3.29. The predicted molar refractivity (Wildman–Crippen MR) is 217 cm³/mol. The Labute approximate surface area is 354 Å². The lowest BCUT2D eigenvalue weighted by Gasteiger charge is -2.37. The van der Waals surface area contributed by atoms with Gasteiger partial charge in [-0.1, -0.05) is 72.8 Å². The highest BCUT2D eigenvalue weighted by Gasteiger charge is 2.35. The molecule has 0 radical (unpaired) electrons. The van der Waals surface area contributed by atoms with Crippen LogP contribution < -0.4 is 14.8 Å². The molecule has 0 saturated carbocycles. The van der Waals surface area contributed by atoms with E-state index in [4.69, 9.17) is 42.6 Å². The molecule has 4 aromatic rings. The van der Waals surface area contributed by atoms with E-state index >= 15 is 0 Å². The van der Waals surface area contributed by atoms with Crippen LogP contribution in [0.25, 0.3) is 0 Å². The number of hydrogen-bond donors (Lipinski definition) is 1. The number of methoxy groups -OCH3 is 1. The normalized spacial score (nSPS) is 11.6. The van der Waals surface area contributed by atoms with E-state index in [1.165, 1.54) is 0 Å². The lowest BCUT2D eigenvalue weighted by molar-refractivity contribution is -0.136. The molecule has 0 heterocycles. The summed E-state index contributed by atoms with van der Waals surface area (Å²) in [6.45, 7) is 6.17. The van der Waals surface area contributed by atoms with E-state index in [2.05, 4.69) is 70.7 Å². The Hall–Kier alpha value is -4.49. The lowest BCUT2D eigenvalue weighted by Crippen LogP contribution is -2.46. The molecule has 16 heteroatoms. The van der Waals surface area contributed by atoms with Crippen LogP contribution in [0.3, 0.4) is 0 Å². The van der Waals surface area contributed by atoms with Gasteiger partial charge in [0.25, 0.3) is 0 Å². The molecular weight excluding hydrogens is 806 g/mol. The quantitative estimate of drug-likeness (QED) is 0.0145. The molecule has 0 fully saturated rings. The molecule has 4 aromatic carbocycles. The number of carbonyl (C=O) groups excluding carboxylic acids is 1. The van der Waals surface area contributed by atoms with Crippen LogP contribution in [-0.4, -0.2) is 125 Å². The van der Waals surface area contributed by atoms with Crippen LogP contribution in [0.15, 0.2) is 91.0 Å². The maximum Gasteiger partial charge on any atom is 0.313 e. The number of hydrogen-bond acceptors (Lipinski definition) is 12. The molecule has 0 aliphatic carbocycles. The molecule has 334 valence electrons. The molecule has 0 atom stereocenters. The first kappa shape index (κ1) is 49.2. The fourth-order valence-electron chi connectivity index (χ4n) is 5.94. The molecule has 0 spiro atoms. The van der Waals surface area contributed by atoms with Crippen molar-refractivity contribution >= 4 is 5.97 Å². The zero-order valence-corrected chi connectivity index (χ0v) is 34.4. The van der Waals surface area contributed by atoms with Gasteiger partial charge in [0.05, 0.1) is 125 Å². The van der Waals surface area contributed by atoms with Crippen LogP contribution >= 0.6 is 0 Å². The van der Waals surface area contributed by atoms with Crippen LogP contribution in [0, 0.1) is 23.3 Å². The van der Waals surface area contributed by atoms with Gasteiger partial charge in [-0.2, -0.15) is 8.78 Å². The number of nitrogens with one attached hydrogen (secondary N) is 1. The Morgan fingerprint density at radius 2 is 0.852 bits per heavy atom. The van der Waals surface area contributed by atoms with Gasteiger partial charge in [0.2, 0.25) is 17.4 Å². The second kappa shape index (κ2) is 28.9. The first-order valence-electron chi connectivity index (χ1n) is 20.0. The third kappa shape index (κ3) is 17.1. The molecule has 0 amide bonds. The van der Waals surface area contributed by atoms with Gasteiger partial charge in [0, 0.05) is 12.6 Å². The van der Waals surface area contributed by atoms with Gasteiger partial charge >= 0.3 is 5.97 Å². The van der Waals surface area contributed by atoms with Gasteiger partial charge in [0.15, 0.2) is 11.6 Å². The number of benzene rings is 4. The number of ether oxygens (including phenoxy) is 10.